The molecule has 1 heterocycles. The Bertz CT molecular complexity index is 808. The zero-order valence-corrected chi connectivity index (χ0v) is 14.1. The van der Waals surface area contributed by atoms with Crippen LogP contribution < -0.4 is 15.4 Å². The van der Waals surface area contributed by atoms with E-state index >= 15 is 0 Å². The molecule has 0 aliphatic carbocycles. The van der Waals surface area contributed by atoms with Gasteiger partial charge in [0.2, 0.25) is 5.91 Å². The minimum atomic E-state index is -0.187. The smallest absolute Gasteiger partial charge is 0.262 e. The fraction of sp³-hybridized carbons (Fsp3) is 0.176. The number of aryl methyl sites for hydroxylation is 1. The van der Waals surface area contributed by atoms with Gasteiger partial charge in [0.15, 0.2) is 6.61 Å². The number of carbonyl (C=O) groups excluding carboxylic acids is 2. The molecule has 0 bridgehead atoms. The Hall–Kier alpha value is -2.24. The van der Waals surface area contributed by atoms with Crippen molar-refractivity contribution in [3.05, 3.63) is 52.0 Å². The molecule has 2 aromatic rings. The Labute approximate surface area is 148 Å². The Morgan fingerprint density at radius 2 is 2.04 bits per heavy atom. The van der Waals surface area contributed by atoms with Crippen molar-refractivity contribution < 1.29 is 14.3 Å². The van der Waals surface area contributed by atoms with Crippen LogP contribution in [0, 0.1) is 0 Å². The molecule has 0 radical (unpaired) electrons. The molecular weight excluding hydrogens is 351 g/mol. The zero-order valence-electron chi connectivity index (χ0n) is 12.6. The molecule has 1 aliphatic heterocycles. The van der Waals surface area contributed by atoms with Crippen LogP contribution >= 0.6 is 23.2 Å². The fourth-order valence-electron chi connectivity index (χ4n) is 2.35. The van der Waals surface area contributed by atoms with E-state index in [0.29, 0.717) is 33.6 Å². The van der Waals surface area contributed by atoms with Crippen molar-refractivity contribution in [1.29, 1.82) is 0 Å². The molecule has 0 saturated carbocycles. The van der Waals surface area contributed by atoms with E-state index in [4.69, 9.17) is 27.9 Å². The average molecular weight is 365 g/mol. The maximum atomic E-state index is 12.1. The predicted molar refractivity (Wildman–Crippen MR) is 94.0 cm³/mol. The SMILES string of the molecule is O=C(CCc1ccc2c(c1)NC(=O)CO2)Nc1cc(Cl)ccc1Cl. The quantitative estimate of drug-likeness (QED) is 0.864. The molecule has 0 unspecified atom stereocenters. The topological polar surface area (TPSA) is 67.4 Å². The van der Waals surface area contributed by atoms with Crippen molar-refractivity contribution >= 4 is 46.4 Å². The Balaban J connectivity index is 1.61. The van der Waals surface area contributed by atoms with Crippen LogP contribution in [-0.2, 0) is 16.0 Å². The molecule has 24 heavy (non-hydrogen) atoms. The van der Waals surface area contributed by atoms with Gasteiger partial charge in [0, 0.05) is 11.4 Å². The van der Waals surface area contributed by atoms with E-state index in [9.17, 15) is 9.59 Å². The van der Waals surface area contributed by atoms with Gasteiger partial charge in [-0.15, -0.1) is 0 Å². The van der Waals surface area contributed by atoms with Crippen molar-refractivity contribution in [1.82, 2.24) is 0 Å². The van der Waals surface area contributed by atoms with Crippen LogP contribution in [0.15, 0.2) is 36.4 Å². The van der Waals surface area contributed by atoms with Gasteiger partial charge in [-0.25, -0.2) is 0 Å². The van der Waals surface area contributed by atoms with Crippen molar-refractivity contribution in [3.63, 3.8) is 0 Å². The number of amides is 2. The van der Waals surface area contributed by atoms with Gasteiger partial charge in [-0.3, -0.25) is 9.59 Å². The molecule has 0 atom stereocenters. The lowest BCUT2D eigenvalue weighted by Crippen LogP contribution is -2.25. The molecule has 0 saturated heterocycles. The highest BCUT2D eigenvalue weighted by molar-refractivity contribution is 6.35. The Kier molecular flexibility index (Phi) is 4.92. The third-order valence-corrected chi connectivity index (χ3v) is 4.08. The first-order valence-electron chi connectivity index (χ1n) is 7.32. The van der Waals surface area contributed by atoms with E-state index in [-0.39, 0.29) is 24.8 Å². The number of nitrogens with one attached hydrogen (secondary N) is 2. The van der Waals surface area contributed by atoms with Crippen LogP contribution in [0.25, 0.3) is 0 Å². The largest absolute Gasteiger partial charge is 0.482 e. The maximum Gasteiger partial charge on any atom is 0.262 e. The number of fused-ring (bicyclic) bond motifs is 1. The van der Waals surface area contributed by atoms with Crippen LogP contribution in [-0.4, -0.2) is 18.4 Å². The standard InChI is InChI=1S/C17H14Cl2N2O3/c18-11-3-4-12(19)13(8-11)20-16(22)6-2-10-1-5-15-14(7-10)21-17(23)9-24-15/h1,3-5,7-8H,2,6,9H2,(H,20,22)(H,21,23). The van der Waals surface area contributed by atoms with E-state index < -0.39 is 0 Å². The van der Waals surface area contributed by atoms with Crippen LogP contribution in [0.1, 0.15) is 12.0 Å². The average Bonchev–Trinajstić information content (AvgIpc) is 2.56. The van der Waals surface area contributed by atoms with Crippen molar-refractivity contribution in [2.75, 3.05) is 17.2 Å². The van der Waals surface area contributed by atoms with E-state index in [2.05, 4.69) is 10.6 Å². The van der Waals surface area contributed by atoms with E-state index in [1.165, 1.54) is 0 Å². The summed E-state index contributed by atoms with van der Waals surface area (Å²) in [6.07, 6.45) is 0.795. The summed E-state index contributed by atoms with van der Waals surface area (Å²) >= 11 is 11.9. The summed E-state index contributed by atoms with van der Waals surface area (Å²) in [4.78, 5) is 23.4. The first kappa shape index (κ1) is 16.6. The molecule has 0 spiro atoms. The monoisotopic (exact) mass is 364 g/mol. The number of halogens is 2. The second-order valence-electron chi connectivity index (χ2n) is 5.34. The van der Waals surface area contributed by atoms with Crippen LogP contribution in [0.2, 0.25) is 10.0 Å². The lowest BCUT2D eigenvalue weighted by Gasteiger charge is -2.18. The third-order valence-electron chi connectivity index (χ3n) is 3.52. The summed E-state index contributed by atoms with van der Waals surface area (Å²) in [5.74, 6) is 0.277. The molecule has 3 rings (SSSR count). The predicted octanol–water partition coefficient (Wildman–Crippen LogP) is 3.90. The summed E-state index contributed by atoms with van der Waals surface area (Å²) in [5, 5.41) is 6.42. The van der Waals surface area contributed by atoms with Crippen molar-refractivity contribution in [3.8, 4) is 5.75 Å². The molecule has 1 aliphatic rings. The highest BCUT2D eigenvalue weighted by Gasteiger charge is 2.16. The molecule has 7 heteroatoms. The lowest BCUT2D eigenvalue weighted by molar-refractivity contribution is -0.118. The van der Waals surface area contributed by atoms with Crippen LogP contribution in [0.5, 0.6) is 5.75 Å². The maximum absolute atomic E-state index is 12.1. The molecule has 2 N–H and O–H groups in total. The number of benzene rings is 2. The van der Waals surface area contributed by atoms with Gasteiger partial charge >= 0.3 is 0 Å². The summed E-state index contributed by atoms with van der Waals surface area (Å²) in [6, 6.07) is 10.4. The highest BCUT2D eigenvalue weighted by Crippen LogP contribution is 2.29. The summed E-state index contributed by atoms with van der Waals surface area (Å²) < 4.78 is 5.30. The molecule has 0 fully saturated rings. The summed E-state index contributed by atoms with van der Waals surface area (Å²) in [5.41, 5.74) is 2.04. The van der Waals surface area contributed by atoms with Crippen molar-refractivity contribution in [2.45, 2.75) is 12.8 Å². The van der Waals surface area contributed by atoms with E-state index in [1.54, 1.807) is 24.3 Å². The lowest BCUT2D eigenvalue weighted by atomic mass is 10.1. The number of ether oxygens (including phenoxy) is 1. The molecule has 124 valence electrons. The fourth-order valence-corrected chi connectivity index (χ4v) is 2.69. The van der Waals surface area contributed by atoms with Gasteiger partial charge in [-0.2, -0.15) is 0 Å². The van der Waals surface area contributed by atoms with Gasteiger partial charge in [0.1, 0.15) is 5.75 Å². The van der Waals surface area contributed by atoms with E-state index in [0.717, 1.165) is 5.56 Å². The van der Waals surface area contributed by atoms with Gasteiger partial charge in [0.25, 0.3) is 5.91 Å². The molecular formula is C17H14Cl2N2O3. The Morgan fingerprint density at radius 3 is 2.88 bits per heavy atom. The molecule has 0 aromatic heterocycles. The third kappa shape index (κ3) is 3.99. The first-order chi connectivity index (χ1) is 11.5. The van der Waals surface area contributed by atoms with Crippen LogP contribution in [0.3, 0.4) is 0 Å². The van der Waals surface area contributed by atoms with Gasteiger partial charge in [-0.1, -0.05) is 29.3 Å². The van der Waals surface area contributed by atoms with Gasteiger partial charge in [-0.05, 0) is 42.3 Å². The molecule has 5 nitrogen and oxygen atoms in total. The number of hydrogen-bond donors (Lipinski definition) is 2. The van der Waals surface area contributed by atoms with Crippen LogP contribution in [0.4, 0.5) is 11.4 Å². The highest BCUT2D eigenvalue weighted by atomic mass is 35.5. The second-order valence-corrected chi connectivity index (χ2v) is 6.18. The zero-order chi connectivity index (χ0) is 17.1. The number of hydrogen-bond acceptors (Lipinski definition) is 3. The summed E-state index contributed by atoms with van der Waals surface area (Å²) in [7, 11) is 0. The molecule has 2 amide bonds. The van der Waals surface area contributed by atoms with E-state index in [1.807, 2.05) is 12.1 Å². The summed E-state index contributed by atoms with van der Waals surface area (Å²) in [6.45, 7) is 0.0230. The molecule has 2 aromatic carbocycles. The minimum absolute atomic E-state index is 0.0230. The number of rotatable bonds is 4. The number of anilines is 2. The van der Waals surface area contributed by atoms with Gasteiger partial charge in [0.05, 0.1) is 16.4 Å². The van der Waals surface area contributed by atoms with Gasteiger partial charge < -0.3 is 15.4 Å². The van der Waals surface area contributed by atoms with Crippen molar-refractivity contribution in [2.24, 2.45) is 0 Å². The minimum Gasteiger partial charge on any atom is -0.482 e. The normalized spacial score (nSPS) is 12.8. The first-order valence-corrected chi connectivity index (χ1v) is 8.07. The second kappa shape index (κ2) is 7.11. The number of carbonyl (C=O) groups is 2. The Morgan fingerprint density at radius 1 is 1.21 bits per heavy atom.